The Balaban J connectivity index is 2.37. The molecule has 1 aromatic rings. The minimum Gasteiger partial charge on any atom is -0.494 e. The van der Waals surface area contributed by atoms with Gasteiger partial charge in [-0.25, -0.2) is 0 Å². The number of hydrogen-bond donors (Lipinski definition) is 3. The predicted octanol–water partition coefficient (Wildman–Crippen LogP) is 1.01. The van der Waals surface area contributed by atoms with E-state index in [0.717, 1.165) is 5.56 Å². The second-order valence-electron chi connectivity index (χ2n) is 3.89. The average molecular weight is 253 g/mol. The van der Waals surface area contributed by atoms with Crippen LogP contribution in [0.1, 0.15) is 18.9 Å². The van der Waals surface area contributed by atoms with Crippen LogP contribution in [0.2, 0.25) is 0 Å². The first-order valence-electron chi connectivity index (χ1n) is 5.96. The molecule has 0 aromatic heterocycles. The lowest BCUT2D eigenvalue weighted by Gasteiger charge is -2.13. The highest BCUT2D eigenvalue weighted by Gasteiger charge is 2.15. The third kappa shape index (κ3) is 4.73. The maximum atomic E-state index is 10.9. The van der Waals surface area contributed by atoms with Crippen molar-refractivity contribution in [3.05, 3.63) is 29.8 Å². The van der Waals surface area contributed by atoms with Crippen LogP contribution >= 0.6 is 0 Å². The van der Waals surface area contributed by atoms with Crippen LogP contribution in [0.4, 0.5) is 0 Å². The number of aliphatic carboxylic acids is 1. The summed E-state index contributed by atoms with van der Waals surface area (Å²) >= 11 is 0. The molecule has 5 nitrogen and oxygen atoms in total. The molecule has 0 saturated heterocycles. The highest BCUT2D eigenvalue weighted by atomic mass is 16.5. The van der Waals surface area contributed by atoms with Crippen LogP contribution in [0.25, 0.3) is 0 Å². The van der Waals surface area contributed by atoms with Crippen molar-refractivity contribution in [1.82, 2.24) is 5.32 Å². The monoisotopic (exact) mass is 253 g/mol. The van der Waals surface area contributed by atoms with Gasteiger partial charge in [0, 0.05) is 6.42 Å². The molecule has 0 bridgehead atoms. The van der Waals surface area contributed by atoms with Crippen molar-refractivity contribution in [2.75, 3.05) is 13.2 Å². The van der Waals surface area contributed by atoms with E-state index in [1.165, 1.54) is 0 Å². The van der Waals surface area contributed by atoms with Gasteiger partial charge in [0.2, 0.25) is 0 Å². The molecule has 5 heteroatoms. The lowest BCUT2D eigenvalue weighted by molar-refractivity contribution is -0.139. The summed E-state index contributed by atoms with van der Waals surface area (Å²) in [4.78, 5) is 10.9. The van der Waals surface area contributed by atoms with Crippen molar-refractivity contribution in [1.29, 1.82) is 0 Å². The zero-order valence-electron chi connectivity index (χ0n) is 10.4. The van der Waals surface area contributed by atoms with E-state index in [1.807, 2.05) is 6.92 Å². The van der Waals surface area contributed by atoms with Gasteiger partial charge in [0.1, 0.15) is 11.8 Å². The third-order valence-corrected chi connectivity index (χ3v) is 2.53. The number of benzene rings is 1. The molecule has 0 aliphatic rings. The molecule has 0 spiro atoms. The van der Waals surface area contributed by atoms with Gasteiger partial charge in [-0.05, 0) is 24.2 Å². The smallest absolute Gasteiger partial charge is 0.320 e. The lowest BCUT2D eigenvalue weighted by atomic mass is 10.2. The maximum Gasteiger partial charge on any atom is 0.320 e. The zero-order valence-corrected chi connectivity index (χ0v) is 10.4. The Bertz CT molecular complexity index is 364. The van der Waals surface area contributed by atoms with Gasteiger partial charge < -0.3 is 20.3 Å². The van der Waals surface area contributed by atoms with E-state index in [0.29, 0.717) is 25.3 Å². The van der Waals surface area contributed by atoms with Crippen molar-refractivity contribution in [3.63, 3.8) is 0 Å². The van der Waals surface area contributed by atoms with Crippen LogP contribution in [0.15, 0.2) is 24.3 Å². The highest BCUT2D eigenvalue weighted by molar-refractivity contribution is 5.73. The van der Waals surface area contributed by atoms with Crippen LogP contribution in [0, 0.1) is 0 Å². The zero-order chi connectivity index (χ0) is 13.4. The van der Waals surface area contributed by atoms with Crippen LogP contribution < -0.4 is 10.1 Å². The van der Waals surface area contributed by atoms with E-state index in [1.54, 1.807) is 24.3 Å². The van der Waals surface area contributed by atoms with Gasteiger partial charge in [0.05, 0.1) is 13.2 Å². The Labute approximate surface area is 106 Å². The van der Waals surface area contributed by atoms with Gasteiger partial charge in [-0.3, -0.25) is 4.79 Å². The minimum absolute atomic E-state index is 0.00177. The standard InChI is InChI=1S/C13H19NO4/c1-2-14-12(13(16)17)7-8-18-11-5-3-10(9-15)4-6-11/h3-6,12,14-15H,2,7-9H2,1H3,(H,16,17). The first-order valence-corrected chi connectivity index (χ1v) is 5.96. The van der Waals surface area contributed by atoms with Gasteiger partial charge in [0.25, 0.3) is 0 Å². The van der Waals surface area contributed by atoms with E-state index < -0.39 is 12.0 Å². The Morgan fingerprint density at radius 2 is 2.06 bits per heavy atom. The Kier molecular flexibility index (Phi) is 6.18. The fraction of sp³-hybridized carbons (Fsp3) is 0.462. The fourth-order valence-corrected chi connectivity index (χ4v) is 1.54. The van der Waals surface area contributed by atoms with Crippen LogP contribution in [0.5, 0.6) is 5.75 Å². The van der Waals surface area contributed by atoms with Crippen molar-refractivity contribution in [2.45, 2.75) is 26.0 Å². The second-order valence-corrected chi connectivity index (χ2v) is 3.89. The molecule has 0 amide bonds. The summed E-state index contributed by atoms with van der Waals surface area (Å²) in [5, 5.41) is 20.7. The molecule has 0 radical (unpaired) electrons. The van der Waals surface area contributed by atoms with Crippen LogP contribution in [-0.4, -0.2) is 35.4 Å². The Hall–Kier alpha value is -1.59. The molecular formula is C13H19NO4. The molecule has 100 valence electrons. The molecule has 3 N–H and O–H groups in total. The third-order valence-electron chi connectivity index (χ3n) is 2.53. The maximum absolute atomic E-state index is 10.9. The van der Waals surface area contributed by atoms with Crippen molar-refractivity contribution < 1.29 is 19.7 Å². The van der Waals surface area contributed by atoms with E-state index in [4.69, 9.17) is 14.9 Å². The van der Waals surface area contributed by atoms with Crippen molar-refractivity contribution >= 4 is 5.97 Å². The molecule has 0 aliphatic heterocycles. The quantitative estimate of drug-likeness (QED) is 0.644. The molecule has 0 saturated carbocycles. The molecule has 0 heterocycles. The summed E-state index contributed by atoms with van der Waals surface area (Å²) in [6.07, 6.45) is 0.408. The SMILES string of the molecule is CCNC(CCOc1ccc(CO)cc1)C(=O)O. The number of hydrogen-bond acceptors (Lipinski definition) is 4. The number of ether oxygens (including phenoxy) is 1. The number of aliphatic hydroxyl groups is 1. The van der Waals surface area contributed by atoms with Gasteiger partial charge >= 0.3 is 5.97 Å². The summed E-state index contributed by atoms with van der Waals surface area (Å²) in [5.41, 5.74) is 0.818. The summed E-state index contributed by atoms with van der Waals surface area (Å²) in [6, 6.07) is 6.48. The van der Waals surface area contributed by atoms with Crippen LogP contribution in [0.3, 0.4) is 0 Å². The average Bonchev–Trinajstić information content (AvgIpc) is 2.38. The van der Waals surface area contributed by atoms with E-state index in [-0.39, 0.29) is 6.61 Å². The number of carbonyl (C=O) groups is 1. The molecule has 1 unspecified atom stereocenters. The van der Waals surface area contributed by atoms with Crippen LogP contribution in [-0.2, 0) is 11.4 Å². The molecule has 0 fully saturated rings. The molecule has 18 heavy (non-hydrogen) atoms. The Morgan fingerprint density at radius 3 is 2.56 bits per heavy atom. The van der Waals surface area contributed by atoms with Gasteiger partial charge in [-0.15, -0.1) is 0 Å². The summed E-state index contributed by atoms with van der Waals surface area (Å²) in [5.74, 6) is -0.191. The first-order chi connectivity index (χ1) is 8.67. The largest absolute Gasteiger partial charge is 0.494 e. The summed E-state index contributed by atoms with van der Waals surface area (Å²) < 4.78 is 5.45. The number of aliphatic hydroxyl groups excluding tert-OH is 1. The molecular weight excluding hydrogens is 234 g/mol. The number of nitrogens with one attached hydrogen (secondary N) is 1. The van der Waals surface area contributed by atoms with E-state index >= 15 is 0 Å². The number of carboxylic acid groups (broad SMARTS) is 1. The summed E-state index contributed by atoms with van der Waals surface area (Å²) in [6.45, 7) is 2.82. The highest BCUT2D eigenvalue weighted by Crippen LogP contribution is 2.12. The first kappa shape index (κ1) is 14.5. The number of rotatable bonds is 8. The lowest BCUT2D eigenvalue weighted by Crippen LogP contribution is -2.37. The van der Waals surface area contributed by atoms with E-state index in [2.05, 4.69) is 5.32 Å². The molecule has 1 atom stereocenters. The van der Waals surface area contributed by atoms with Gasteiger partial charge in [0.15, 0.2) is 0 Å². The van der Waals surface area contributed by atoms with Crippen molar-refractivity contribution in [3.8, 4) is 5.75 Å². The van der Waals surface area contributed by atoms with E-state index in [9.17, 15) is 4.79 Å². The van der Waals surface area contributed by atoms with Gasteiger partial charge in [-0.1, -0.05) is 19.1 Å². The minimum atomic E-state index is -0.865. The fourth-order valence-electron chi connectivity index (χ4n) is 1.54. The topological polar surface area (TPSA) is 78.8 Å². The second kappa shape index (κ2) is 7.68. The molecule has 1 aromatic carbocycles. The van der Waals surface area contributed by atoms with Crippen molar-refractivity contribution in [2.24, 2.45) is 0 Å². The molecule has 0 aliphatic carbocycles. The predicted molar refractivity (Wildman–Crippen MR) is 67.6 cm³/mol. The molecule has 1 rings (SSSR count). The van der Waals surface area contributed by atoms with Gasteiger partial charge in [-0.2, -0.15) is 0 Å². The number of likely N-dealkylation sites (N-methyl/N-ethyl adjacent to an activating group) is 1. The number of carboxylic acids is 1. The Morgan fingerprint density at radius 1 is 1.39 bits per heavy atom. The normalized spacial score (nSPS) is 12.1. The summed E-state index contributed by atoms with van der Waals surface area (Å²) in [7, 11) is 0.